The van der Waals surface area contributed by atoms with Crippen molar-refractivity contribution in [1.82, 2.24) is 14.5 Å². The summed E-state index contributed by atoms with van der Waals surface area (Å²) >= 11 is 0. The van der Waals surface area contributed by atoms with Crippen LogP contribution in [-0.2, 0) is 14.2 Å². The molecule has 226 valence electrons. The molecule has 3 aromatic rings. The molecule has 2 aromatic heterocycles. The first kappa shape index (κ1) is 30.0. The van der Waals surface area contributed by atoms with Gasteiger partial charge in [-0.1, -0.05) is 0 Å². The SMILES string of the molecule is COC(OC)C1CCN(c2ccc(C(=O)Nc3cc4c(cn3)cc([C@H]3CCCN3C)n4C(=O)OC(C)(C)C)cc2)CC1. The number of nitrogens with one attached hydrogen (secondary N) is 1. The fourth-order valence-corrected chi connectivity index (χ4v) is 6.16. The van der Waals surface area contributed by atoms with Crippen molar-refractivity contribution in [1.29, 1.82) is 0 Å². The van der Waals surface area contributed by atoms with E-state index in [1.54, 1.807) is 31.0 Å². The van der Waals surface area contributed by atoms with E-state index in [-0.39, 0.29) is 18.2 Å². The Morgan fingerprint density at radius 1 is 1.00 bits per heavy atom. The number of carbonyl (C=O) groups is 2. The fourth-order valence-electron chi connectivity index (χ4n) is 6.16. The zero-order chi connectivity index (χ0) is 30.0. The van der Waals surface area contributed by atoms with E-state index in [1.807, 2.05) is 51.1 Å². The smallest absolute Gasteiger partial charge is 0.419 e. The number of piperidine rings is 1. The molecular formula is C32H43N5O5. The van der Waals surface area contributed by atoms with Gasteiger partial charge >= 0.3 is 6.09 Å². The number of fused-ring (bicyclic) bond motifs is 1. The molecule has 0 spiro atoms. The standard InChI is InChI=1S/C32H43N5O5/c1-32(2,3)42-31(39)37-26-19-28(33-20-23(26)18-27(37)25-8-7-15-35(25)4)34-29(38)21-9-11-24(12-10-21)36-16-13-22(14-17-36)30(40-5)41-6/h9-12,18-20,22,25,30H,7-8,13-17H2,1-6H3,(H,33,34,38)/t25-/m1/s1. The summed E-state index contributed by atoms with van der Waals surface area (Å²) in [6.07, 6.45) is 5.08. The predicted molar refractivity (Wildman–Crippen MR) is 163 cm³/mol. The molecule has 42 heavy (non-hydrogen) atoms. The second-order valence-electron chi connectivity index (χ2n) is 12.3. The summed E-state index contributed by atoms with van der Waals surface area (Å²) in [5.41, 5.74) is 2.51. The average molecular weight is 578 g/mol. The molecule has 2 aliphatic rings. The first-order valence-corrected chi connectivity index (χ1v) is 14.7. The van der Waals surface area contributed by atoms with Crippen molar-refractivity contribution < 1.29 is 23.8 Å². The number of methoxy groups -OCH3 is 2. The highest BCUT2D eigenvalue weighted by atomic mass is 16.7. The second-order valence-corrected chi connectivity index (χ2v) is 12.3. The number of likely N-dealkylation sites (tertiary alicyclic amines) is 1. The molecular weight excluding hydrogens is 534 g/mol. The van der Waals surface area contributed by atoms with Gasteiger partial charge in [0.1, 0.15) is 11.4 Å². The normalized spacial score (nSPS) is 18.6. The maximum absolute atomic E-state index is 13.4. The van der Waals surface area contributed by atoms with Gasteiger partial charge in [0.05, 0.1) is 11.6 Å². The van der Waals surface area contributed by atoms with E-state index < -0.39 is 11.7 Å². The van der Waals surface area contributed by atoms with Crippen molar-refractivity contribution in [2.24, 2.45) is 5.92 Å². The molecule has 2 fully saturated rings. The number of rotatable bonds is 7. The van der Waals surface area contributed by atoms with Crippen LogP contribution in [-0.4, -0.2) is 79.2 Å². The first-order valence-electron chi connectivity index (χ1n) is 14.7. The van der Waals surface area contributed by atoms with Crippen molar-refractivity contribution in [3.05, 3.63) is 53.9 Å². The summed E-state index contributed by atoms with van der Waals surface area (Å²) in [5.74, 6) is 0.484. The third kappa shape index (κ3) is 6.45. The van der Waals surface area contributed by atoms with Crippen molar-refractivity contribution >= 4 is 34.4 Å². The number of hydrogen-bond donors (Lipinski definition) is 1. The molecule has 10 nitrogen and oxygen atoms in total. The van der Waals surface area contributed by atoms with Crippen molar-refractivity contribution in [3.8, 4) is 0 Å². The largest absolute Gasteiger partial charge is 0.443 e. The van der Waals surface area contributed by atoms with E-state index in [0.29, 0.717) is 22.8 Å². The molecule has 0 radical (unpaired) electrons. The van der Waals surface area contributed by atoms with Crippen LogP contribution in [0.25, 0.3) is 10.9 Å². The Labute approximate surface area is 247 Å². The van der Waals surface area contributed by atoms with E-state index >= 15 is 0 Å². The average Bonchev–Trinajstić information content (AvgIpc) is 3.56. The summed E-state index contributed by atoms with van der Waals surface area (Å²) in [7, 11) is 5.44. The zero-order valence-electron chi connectivity index (χ0n) is 25.6. The number of aromatic nitrogens is 2. The Bertz CT molecular complexity index is 1400. The Hall–Kier alpha value is -3.47. The van der Waals surface area contributed by atoms with Crippen LogP contribution < -0.4 is 10.2 Å². The third-order valence-corrected chi connectivity index (χ3v) is 8.28. The summed E-state index contributed by atoms with van der Waals surface area (Å²) in [6.45, 7) is 8.35. The number of hydrogen-bond acceptors (Lipinski definition) is 8. The Kier molecular flexibility index (Phi) is 8.86. The Morgan fingerprint density at radius 2 is 1.69 bits per heavy atom. The maximum Gasteiger partial charge on any atom is 0.419 e. The number of anilines is 2. The van der Waals surface area contributed by atoms with Crippen molar-refractivity contribution in [3.63, 3.8) is 0 Å². The van der Waals surface area contributed by atoms with Crippen LogP contribution in [0.5, 0.6) is 0 Å². The van der Waals surface area contributed by atoms with Gasteiger partial charge in [0, 0.05) is 67.8 Å². The van der Waals surface area contributed by atoms with Gasteiger partial charge in [0.25, 0.3) is 5.91 Å². The van der Waals surface area contributed by atoms with E-state index in [1.165, 1.54) is 0 Å². The lowest BCUT2D eigenvalue weighted by Gasteiger charge is -2.36. The summed E-state index contributed by atoms with van der Waals surface area (Å²) in [5, 5.41) is 3.74. The fraction of sp³-hybridized carbons (Fsp3) is 0.531. The topological polar surface area (TPSA) is 98.2 Å². The molecule has 10 heteroatoms. The molecule has 1 atom stereocenters. The number of pyridine rings is 1. The molecule has 4 heterocycles. The molecule has 2 saturated heterocycles. The highest BCUT2D eigenvalue weighted by Crippen LogP contribution is 2.35. The molecule has 0 aliphatic carbocycles. The quantitative estimate of drug-likeness (QED) is 0.359. The monoisotopic (exact) mass is 577 g/mol. The van der Waals surface area contributed by atoms with E-state index in [2.05, 4.69) is 27.1 Å². The number of nitrogens with zero attached hydrogens (tertiary/aromatic N) is 4. The van der Waals surface area contributed by atoms with E-state index in [9.17, 15) is 9.59 Å². The van der Waals surface area contributed by atoms with Gasteiger partial charge in [-0.05, 0) is 90.4 Å². The minimum Gasteiger partial charge on any atom is -0.443 e. The van der Waals surface area contributed by atoms with Gasteiger partial charge in [-0.3, -0.25) is 9.69 Å². The van der Waals surface area contributed by atoms with Crippen molar-refractivity contribution in [2.75, 3.05) is 51.1 Å². The molecule has 1 N–H and O–H groups in total. The first-order chi connectivity index (χ1) is 20.1. The van der Waals surface area contributed by atoms with Gasteiger partial charge in [0.2, 0.25) is 0 Å². The summed E-state index contributed by atoms with van der Waals surface area (Å²) in [4.78, 5) is 35.7. The lowest BCUT2D eigenvalue weighted by atomic mass is 9.95. The summed E-state index contributed by atoms with van der Waals surface area (Å²) < 4.78 is 18.3. The van der Waals surface area contributed by atoms with Gasteiger partial charge in [-0.25, -0.2) is 14.3 Å². The van der Waals surface area contributed by atoms with Crippen LogP contribution in [0.4, 0.5) is 16.3 Å². The number of carbonyl (C=O) groups excluding carboxylic acids is 2. The lowest BCUT2D eigenvalue weighted by Crippen LogP contribution is -2.39. The predicted octanol–water partition coefficient (Wildman–Crippen LogP) is 5.67. The molecule has 0 bridgehead atoms. The van der Waals surface area contributed by atoms with Crippen LogP contribution in [0, 0.1) is 5.92 Å². The van der Waals surface area contributed by atoms with Gasteiger partial charge in [-0.15, -0.1) is 0 Å². The van der Waals surface area contributed by atoms with Gasteiger partial charge in [-0.2, -0.15) is 0 Å². The highest BCUT2D eigenvalue weighted by molar-refractivity contribution is 6.05. The number of ether oxygens (including phenoxy) is 3. The van der Waals surface area contributed by atoms with Crippen LogP contribution in [0.3, 0.4) is 0 Å². The molecule has 1 amide bonds. The van der Waals surface area contributed by atoms with Crippen molar-refractivity contribution in [2.45, 2.75) is 64.4 Å². The third-order valence-electron chi connectivity index (χ3n) is 8.28. The van der Waals surface area contributed by atoms with Gasteiger partial charge < -0.3 is 24.4 Å². The number of benzene rings is 1. The zero-order valence-corrected chi connectivity index (χ0v) is 25.6. The molecule has 0 unspecified atom stereocenters. The highest BCUT2D eigenvalue weighted by Gasteiger charge is 2.31. The van der Waals surface area contributed by atoms with E-state index in [0.717, 1.165) is 62.1 Å². The van der Waals surface area contributed by atoms with Crippen LogP contribution in [0.15, 0.2) is 42.6 Å². The lowest BCUT2D eigenvalue weighted by molar-refractivity contribution is -0.141. The Balaban J connectivity index is 1.32. The van der Waals surface area contributed by atoms with Crippen LogP contribution in [0.2, 0.25) is 0 Å². The second kappa shape index (κ2) is 12.4. The van der Waals surface area contributed by atoms with Gasteiger partial charge in [0.15, 0.2) is 6.29 Å². The minimum atomic E-state index is -0.644. The molecule has 1 aromatic carbocycles. The molecule has 5 rings (SSSR count). The number of amides is 1. The van der Waals surface area contributed by atoms with E-state index in [4.69, 9.17) is 14.2 Å². The van der Waals surface area contributed by atoms with Crippen LogP contribution in [0.1, 0.15) is 68.5 Å². The molecule has 2 aliphatic heterocycles. The maximum atomic E-state index is 13.4. The summed E-state index contributed by atoms with van der Waals surface area (Å²) in [6, 6.07) is 11.5. The van der Waals surface area contributed by atoms with Crippen LogP contribution >= 0.6 is 0 Å². The minimum absolute atomic E-state index is 0.105. The Morgan fingerprint density at radius 3 is 2.29 bits per heavy atom. The molecule has 0 saturated carbocycles.